The molecule has 4 N–H and O–H groups in total. The minimum atomic E-state index is -0.320. The highest BCUT2D eigenvalue weighted by molar-refractivity contribution is 6.07. The average Bonchev–Trinajstić information content (AvgIpc) is 3.12. The number of nitrogens with one attached hydrogen (secondary N) is 2. The number of anilines is 2. The predicted molar refractivity (Wildman–Crippen MR) is 109 cm³/mol. The summed E-state index contributed by atoms with van der Waals surface area (Å²) in [5.74, 6) is -0.320. The molecule has 0 spiro atoms. The lowest BCUT2D eigenvalue weighted by molar-refractivity contribution is -0.112. The van der Waals surface area contributed by atoms with Crippen molar-refractivity contribution in [2.45, 2.75) is 0 Å². The lowest BCUT2D eigenvalue weighted by Crippen LogP contribution is -2.36. The highest BCUT2D eigenvalue weighted by Gasteiger charge is 2.12. The van der Waals surface area contributed by atoms with Crippen LogP contribution in [-0.4, -0.2) is 37.2 Å². The van der Waals surface area contributed by atoms with Crippen molar-refractivity contribution in [2.24, 2.45) is 5.73 Å². The normalized spacial score (nSPS) is 15.1. The van der Waals surface area contributed by atoms with Gasteiger partial charge in [0.15, 0.2) is 0 Å². The Morgan fingerprint density at radius 3 is 2.63 bits per heavy atom. The Morgan fingerprint density at radius 2 is 1.85 bits per heavy atom. The summed E-state index contributed by atoms with van der Waals surface area (Å²) in [5, 5.41) is 3.88. The van der Waals surface area contributed by atoms with Crippen LogP contribution in [0.4, 0.5) is 11.4 Å². The van der Waals surface area contributed by atoms with Crippen LogP contribution in [0.5, 0.6) is 0 Å². The predicted octanol–water partition coefficient (Wildman–Crippen LogP) is 2.94. The van der Waals surface area contributed by atoms with Gasteiger partial charge < -0.3 is 25.7 Å². The topological polar surface area (TPSA) is 83.4 Å². The van der Waals surface area contributed by atoms with Crippen molar-refractivity contribution in [3.63, 3.8) is 0 Å². The van der Waals surface area contributed by atoms with Gasteiger partial charge in [-0.25, -0.2) is 0 Å². The lowest BCUT2D eigenvalue weighted by Gasteiger charge is -2.28. The minimum absolute atomic E-state index is 0.164. The van der Waals surface area contributed by atoms with Crippen LogP contribution in [0, 0.1) is 0 Å². The van der Waals surface area contributed by atoms with Gasteiger partial charge in [-0.1, -0.05) is 18.2 Å². The number of aromatic amines is 1. The summed E-state index contributed by atoms with van der Waals surface area (Å²) in [5.41, 5.74) is 9.91. The molecule has 2 aromatic carbocycles. The highest BCUT2D eigenvalue weighted by atomic mass is 16.5. The fourth-order valence-electron chi connectivity index (χ4n) is 3.23. The van der Waals surface area contributed by atoms with Crippen LogP contribution in [0.15, 0.2) is 60.4 Å². The van der Waals surface area contributed by atoms with E-state index in [2.05, 4.69) is 15.2 Å². The number of benzene rings is 2. The number of nitrogens with two attached hydrogens (primary N) is 1. The molecular formula is C21H22N4O2. The number of ether oxygens (including phenoxy) is 1. The second-order valence-electron chi connectivity index (χ2n) is 6.49. The molecule has 4 rings (SSSR count). The summed E-state index contributed by atoms with van der Waals surface area (Å²) in [6, 6.07) is 15.7. The molecule has 0 radical (unpaired) electrons. The van der Waals surface area contributed by atoms with E-state index in [0.717, 1.165) is 48.5 Å². The van der Waals surface area contributed by atoms with Crippen LogP contribution in [0.3, 0.4) is 0 Å². The summed E-state index contributed by atoms with van der Waals surface area (Å²) in [6.45, 7) is 3.25. The Balaban J connectivity index is 1.45. The van der Waals surface area contributed by atoms with Crippen molar-refractivity contribution in [1.29, 1.82) is 0 Å². The molecule has 0 bridgehead atoms. The number of carbonyl (C=O) groups is 1. The van der Waals surface area contributed by atoms with Crippen LogP contribution >= 0.6 is 0 Å². The third kappa shape index (κ3) is 3.80. The molecule has 0 aliphatic carbocycles. The number of carbonyl (C=O) groups excluding carboxylic acids is 1. The van der Waals surface area contributed by atoms with E-state index < -0.39 is 0 Å². The Kier molecular flexibility index (Phi) is 4.80. The van der Waals surface area contributed by atoms with E-state index in [1.807, 2.05) is 54.7 Å². The van der Waals surface area contributed by atoms with Crippen molar-refractivity contribution in [3.8, 4) is 0 Å². The molecule has 1 aliphatic rings. The molecule has 6 nitrogen and oxygen atoms in total. The number of hydrogen-bond acceptors (Lipinski definition) is 4. The van der Waals surface area contributed by atoms with Crippen molar-refractivity contribution in [1.82, 2.24) is 4.98 Å². The first-order chi connectivity index (χ1) is 13.2. The molecule has 0 unspecified atom stereocenters. The minimum Gasteiger partial charge on any atom is -0.394 e. The van der Waals surface area contributed by atoms with Crippen LogP contribution in [0.1, 0.15) is 5.56 Å². The number of fused-ring (bicyclic) bond motifs is 1. The maximum atomic E-state index is 12.4. The molecule has 138 valence electrons. The Bertz CT molecular complexity index is 969. The first-order valence-corrected chi connectivity index (χ1v) is 8.98. The van der Waals surface area contributed by atoms with Gasteiger partial charge in [-0.2, -0.15) is 0 Å². The third-order valence-electron chi connectivity index (χ3n) is 4.70. The van der Waals surface area contributed by atoms with E-state index in [0.29, 0.717) is 5.69 Å². The Morgan fingerprint density at radius 1 is 1.11 bits per heavy atom. The van der Waals surface area contributed by atoms with Crippen molar-refractivity contribution < 1.29 is 9.53 Å². The molecule has 1 amide bonds. The van der Waals surface area contributed by atoms with Crippen LogP contribution in [-0.2, 0) is 9.53 Å². The van der Waals surface area contributed by atoms with Crippen molar-refractivity contribution in [3.05, 3.63) is 66.0 Å². The van der Waals surface area contributed by atoms with Crippen LogP contribution in [0.2, 0.25) is 0 Å². The smallest absolute Gasteiger partial charge is 0.271 e. The highest BCUT2D eigenvalue weighted by Crippen LogP contribution is 2.21. The van der Waals surface area contributed by atoms with E-state index in [1.54, 1.807) is 6.08 Å². The number of para-hydroxylation sites is 1. The zero-order valence-electron chi connectivity index (χ0n) is 14.9. The number of amides is 1. The lowest BCUT2D eigenvalue weighted by atomic mass is 10.1. The van der Waals surface area contributed by atoms with Crippen LogP contribution < -0.4 is 16.0 Å². The molecule has 6 heteroatoms. The van der Waals surface area contributed by atoms with Gasteiger partial charge in [0, 0.05) is 47.1 Å². The first kappa shape index (κ1) is 17.2. The molecule has 1 fully saturated rings. The molecule has 27 heavy (non-hydrogen) atoms. The standard InChI is InChI=1S/C21H22N4O2/c22-19(13-15-14-23-20-4-2-1-3-18(15)20)21(26)24-16-5-7-17(8-6-16)25-9-11-27-12-10-25/h1-8,13-14,23H,9-12,22H2,(H,24,26)/b19-13-. The SMILES string of the molecule is N/C(=C\c1c[nH]c2ccccc12)C(=O)Nc1ccc(N2CCOCC2)cc1. The van der Waals surface area contributed by atoms with Gasteiger partial charge in [-0.05, 0) is 36.4 Å². The van der Waals surface area contributed by atoms with Gasteiger partial charge in [0.2, 0.25) is 0 Å². The van der Waals surface area contributed by atoms with Gasteiger partial charge >= 0.3 is 0 Å². The van der Waals surface area contributed by atoms with Crippen molar-refractivity contribution >= 4 is 34.3 Å². The zero-order valence-corrected chi connectivity index (χ0v) is 14.9. The van der Waals surface area contributed by atoms with E-state index in [4.69, 9.17) is 10.5 Å². The zero-order chi connectivity index (χ0) is 18.6. The summed E-state index contributed by atoms with van der Waals surface area (Å²) < 4.78 is 5.37. The number of H-pyrrole nitrogens is 1. The average molecular weight is 362 g/mol. The first-order valence-electron chi connectivity index (χ1n) is 8.98. The Labute approximate surface area is 157 Å². The van der Waals surface area contributed by atoms with E-state index in [1.165, 1.54) is 0 Å². The Hall–Kier alpha value is -3.25. The molecule has 2 heterocycles. The molecule has 3 aromatic rings. The number of nitrogens with zero attached hydrogens (tertiary/aromatic N) is 1. The number of aromatic nitrogens is 1. The number of hydrogen-bond donors (Lipinski definition) is 3. The largest absolute Gasteiger partial charge is 0.394 e. The second kappa shape index (κ2) is 7.55. The molecule has 1 aromatic heterocycles. The van der Waals surface area contributed by atoms with Gasteiger partial charge in [0.25, 0.3) is 5.91 Å². The molecule has 1 saturated heterocycles. The van der Waals surface area contributed by atoms with Gasteiger partial charge in [-0.3, -0.25) is 4.79 Å². The maximum absolute atomic E-state index is 12.4. The molecule has 1 aliphatic heterocycles. The fourth-order valence-corrected chi connectivity index (χ4v) is 3.23. The second-order valence-corrected chi connectivity index (χ2v) is 6.49. The molecule has 0 atom stereocenters. The van der Waals surface area contributed by atoms with E-state index in [-0.39, 0.29) is 11.6 Å². The monoisotopic (exact) mass is 362 g/mol. The van der Waals surface area contributed by atoms with Gasteiger partial charge in [0.1, 0.15) is 0 Å². The van der Waals surface area contributed by atoms with E-state index in [9.17, 15) is 4.79 Å². The summed E-state index contributed by atoms with van der Waals surface area (Å²) >= 11 is 0. The number of morpholine rings is 1. The van der Waals surface area contributed by atoms with Crippen molar-refractivity contribution in [2.75, 3.05) is 36.5 Å². The third-order valence-corrected chi connectivity index (χ3v) is 4.70. The van der Waals surface area contributed by atoms with Crippen LogP contribution in [0.25, 0.3) is 17.0 Å². The molecule has 0 saturated carbocycles. The van der Waals surface area contributed by atoms with Gasteiger partial charge in [-0.15, -0.1) is 0 Å². The fraction of sp³-hybridized carbons (Fsp3) is 0.190. The molecular weight excluding hydrogens is 340 g/mol. The maximum Gasteiger partial charge on any atom is 0.271 e. The summed E-state index contributed by atoms with van der Waals surface area (Å²) in [4.78, 5) is 17.9. The summed E-state index contributed by atoms with van der Waals surface area (Å²) in [7, 11) is 0. The summed E-state index contributed by atoms with van der Waals surface area (Å²) in [6.07, 6.45) is 3.54. The number of rotatable bonds is 4. The quantitative estimate of drug-likeness (QED) is 0.623. The van der Waals surface area contributed by atoms with Gasteiger partial charge in [0.05, 0.1) is 18.9 Å². The van der Waals surface area contributed by atoms with E-state index >= 15 is 0 Å².